The molecule has 2 aliphatic heterocycles. The zero-order chi connectivity index (χ0) is 15.6. The average Bonchev–Trinajstić information content (AvgIpc) is 2.55. The van der Waals surface area contributed by atoms with Crippen LogP contribution in [-0.4, -0.2) is 52.7 Å². The van der Waals surface area contributed by atoms with Crippen molar-refractivity contribution in [2.75, 3.05) is 40.0 Å². The van der Waals surface area contributed by atoms with Crippen molar-refractivity contribution in [3.8, 4) is 11.5 Å². The van der Waals surface area contributed by atoms with Gasteiger partial charge in [0.2, 0.25) is 10.0 Å². The minimum atomic E-state index is -3.48. The Morgan fingerprint density at radius 1 is 1.18 bits per heavy atom. The monoisotopic (exact) mass is 327 g/mol. The topological polar surface area (TPSA) is 65.1 Å². The van der Waals surface area contributed by atoms with Crippen LogP contribution in [0.2, 0.25) is 0 Å². The van der Waals surface area contributed by atoms with Crippen LogP contribution in [0.25, 0.3) is 0 Å². The maximum Gasteiger partial charge on any atom is 0.243 e. The summed E-state index contributed by atoms with van der Waals surface area (Å²) in [7, 11) is -1.80. The van der Waals surface area contributed by atoms with Crippen LogP contribution < -0.4 is 9.47 Å². The number of hydrogen-bond donors (Lipinski definition) is 0. The Balaban J connectivity index is 1.76. The van der Waals surface area contributed by atoms with E-state index in [1.54, 1.807) is 29.6 Å². The van der Waals surface area contributed by atoms with E-state index in [4.69, 9.17) is 14.2 Å². The lowest BCUT2D eigenvalue weighted by Crippen LogP contribution is -2.39. The number of benzene rings is 1. The van der Waals surface area contributed by atoms with E-state index in [1.807, 2.05) is 0 Å². The highest BCUT2D eigenvalue weighted by Crippen LogP contribution is 2.34. The van der Waals surface area contributed by atoms with E-state index in [9.17, 15) is 8.42 Å². The van der Waals surface area contributed by atoms with Gasteiger partial charge in [0.1, 0.15) is 13.2 Å². The van der Waals surface area contributed by atoms with Crippen molar-refractivity contribution >= 4 is 10.0 Å². The molecule has 1 fully saturated rings. The predicted molar refractivity (Wildman–Crippen MR) is 80.8 cm³/mol. The lowest BCUT2D eigenvalue weighted by molar-refractivity contribution is 0.121. The molecule has 122 valence electrons. The van der Waals surface area contributed by atoms with Crippen LogP contribution >= 0.6 is 0 Å². The Morgan fingerprint density at radius 2 is 1.86 bits per heavy atom. The highest BCUT2D eigenvalue weighted by atomic mass is 32.2. The third kappa shape index (κ3) is 3.06. The number of methoxy groups -OCH3 is 1. The molecule has 0 spiro atoms. The Bertz CT molecular complexity index is 623. The molecule has 0 atom stereocenters. The number of rotatable bonds is 4. The molecule has 0 aromatic heterocycles. The largest absolute Gasteiger partial charge is 0.486 e. The van der Waals surface area contributed by atoms with E-state index in [1.165, 1.54) is 0 Å². The Morgan fingerprint density at radius 3 is 2.55 bits per heavy atom. The second-order valence-corrected chi connectivity index (χ2v) is 7.55. The third-order valence-corrected chi connectivity index (χ3v) is 6.02. The van der Waals surface area contributed by atoms with Crippen LogP contribution in [0, 0.1) is 5.92 Å². The molecule has 1 aromatic rings. The number of nitrogens with zero attached hydrogens (tertiary/aromatic N) is 1. The molecular weight excluding hydrogens is 306 g/mol. The summed E-state index contributed by atoms with van der Waals surface area (Å²) in [6, 6.07) is 4.81. The Kier molecular flexibility index (Phi) is 4.56. The first-order valence-corrected chi connectivity index (χ1v) is 8.94. The minimum absolute atomic E-state index is 0.266. The standard InChI is InChI=1S/C15H21NO5S/c1-19-11-12-4-6-16(7-5-12)22(17,18)13-2-3-14-15(10-13)21-9-8-20-14/h2-3,10,12H,4-9,11H2,1H3. The SMILES string of the molecule is COCC1CCN(S(=O)(=O)c2ccc3c(c2)OCCO3)CC1. The molecule has 1 aromatic carbocycles. The van der Waals surface area contributed by atoms with Gasteiger partial charge >= 0.3 is 0 Å². The fourth-order valence-electron chi connectivity index (χ4n) is 2.89. The van der Waals surface area contributed by atoms with Crippen molar-refractivity contribution in [2.24, 2.45) is 5.92 Å². The highest BCUT2D eigenvalue weighted by molar-refractivity contribution is 7.89. The number of piperidine rings is 1. The Hall–Kier alpha value is -1.31. The summed E-state index contributed by atoms with van der Waals surface area (Å²) in [6.45, 7) is 2.69. The smallest absolute Gasteiger partial charge is 0.243 e. The van der Waals surface area contributed by atoms with Gasteiger partial charge in [-0.15, -0.1) is 0 Å². The fourth-order valence-corrected chi connectivity index (χ4v) is 4.37. The average molecular weight is 327 g/mol. The quantitative estimate of drug-likeness (QED) is 0.838. The molecule has 0 radical (unpaired) electrons. The van der Waals surface area contributed by atoms with Gasteiger partial charge in [-0.3, -0.25) is 0 Å². The molecule has 0 N–H and O–H groups in total. The van der Waals surface area contributed by atoms with E-state index in [-0.39, 0.29) is 4.90 Å². The minimum Gasteiger partial charge on any atom is -0.486 e. The summed E-state index contributed by atoms with van der Waals surface area (Å²) < 4.78 is 43.1. The maximum atomic E-state index is 12.7. The summed E-state index contributed by atoms with van der Waals surface area (Å²) in [5, 5.41) is 0. The van der Waals surface area contributed by atoms with Gasteiger partial charge < -0.3 is 14.2 Å². The summed E-state index contributed by atoms with van der Waals surface area (Å²) in [5.41, 5.74) is 0. The normalized spacial score (nSPS) is 20.0. The van der Waals surface area contributed by atoms with Crippen LogP contribution in [0.4, 0.5) is 0 Å². The van der Waals surface area contributed by atoms with Crippen LogP contribution in [0.3, 0.4) is 0 Å². The molecule has 0 saturated carbocycles. The van der Waals surface area contributed by atoms with Crippen molar-refractivity contribution in [3.63, 3.8) is 0 Å². The van der Waals surface area contributed by atoms with Gasteiger partial charge in [-0.25, -0.2) is 8.42 Å². The van der Waals surface area contributed by atoms with E-state index >= 15 is 0 Å². The summed E-state index contributed by atoms with van der Waals surface area (Å²) >= 11 is 0. The van der Waals surface area contributed by atoms with Gasteiger partial charge in [0.15, 0.2) is 11.5 Å². The third-order valence-electron chi connectivity index (χ3n) is 4.13. The van der Waals surface area contributed by atoms with Gasteiger partial charge in [0.05, 0.1) is 4.90 Å². The number of sulfonamides is 1. The van der Waals surface area contributed by atoms with Crippen LogP contribution in [0.15, 0.2) is 23.1 Å². The van der Waals surface area contributed by atoms with Crippen LogP contribution in [0.5, 0.6) is 11.5 Å². The zero-order valence-corrected chi connectivity index (χ0v) is 13.5. The highest BCUT2D eigenvalue weighted by Gasteiger charge is 2.30. The summed E-state index contributed by atoms with van der Waals surface area (Å²) in [6.07, 6.45) is 1.66. The molecule has 0 unspecified atom stereocenters. The van der Waals surface area contributed by atoms with Crippen molar-refractivity contribution in [3.05, 3.63) is 18.2 Å². The van der Waals surface area contributed by atoms with Crippen LogP contribution in [-0.2, 0) is 14.8 Å². The van der Waals surface area contributed by atoms with Crippen molar-refractivity contribution in [1.29, 1.82) is 0 Å². The van der Waals surface area contributed by atoms with Crippen molar-refractivity contribution in [1.82, 2.24) is 4.31 Å². The van der Waals surface area contributed by atoms with E-state index < -0.39 is 10.0 Å². The van der Waals surface area contributed by atoms with Crippen molar-refractivity contribution in [2.45, 2.75) is 17.7 Å². The maximum absolute atomic E-state index is 12.7. The molecule has 0 aliphatic carbocycles. The Labute approximate surface area is 131 Å². The number of fused-ring (bicyclic) bond motifs is 1. The fraction of sp³-hybridized carbons (Fsp3) is 0.600. The predicted octanol–water partition coefficient (Wildman–Crippen LogP) is 1.50. The molecule has 6 nitrogen and oxygen atoms in total. The van der Waals surface area contributed by atoms with E-state index in [0.717, 1.165) is 12.8 Å². The first-order chi connectivity index (χ1) is 10.6. The second kappa shape index (κ2) is 6.44. The summed E-state index contributed by atoms with van der Waals surface area (Å²) in [4.78, 5) is 0.266. The molecule has 0 bridgehead atoms. The van der Waals surface area contributed by atoms with Gasteiger partial charge in [0.25, 0.3) is 0 Å². The van der Waals surface area contributed by atoms with Crippen LogP contribution in [0.1, 0.15) is 12.8 Å². The van der Waals surface area contributed by atoms with E-state index in [0.29, 0.717) is 50.3 Å². The summed E-state index contributed by atoms with van der Waals surface area (Å²) in [5.74, 6) is 1.54. The lowest BCUT2D eigenvalue weighted by atomic mass is 9.99. The molecule has 3 rings (SSSR count). The first kappa shape index (κ1) is 15.6. The van der Waals surface area contributed by atoms with Gasteiger partial charge in [-0.2, -0.15) is 4.31 Å². The molecule has 2 aliphatic rings. The second-order valence-electron chi connectivity index (χ2n) is 5.61. The molecular formula is C15H21NO5S. The molecule has 1 saturated heterocycles. The molecule has 0 amide bonds. The number of hydrogen-bond acceptors (Lipinski definition) is 5. The lowest BCUT2D eigenvalue weighted by Gasteiger charge is -2.31. The molecule has 22 heavy (non-hydrogen) atoms. The zero-order valence-electron chi connectivity index (χ0n) is 12.7. The van der Waals surface area contributed by atoms with Gasteiger partial charge in [-0.05, 0) is 30.9 Å². The van der Waals surface area contributed by atoms with Gasteiger partial charge in [0, 0.05) is 32.9 Å². The van der Waals surface area contributed by atoms with Gasteiger partial charge in [-0.1, -0.05) is 0 Å². The van der Waals surface area contributed by atoms with E-state index in [2.05, 4.69) is 0 Å². The molecule has 7 heteroatoms. The number of ether oxygens (including phenoxy) is 3. The molecule has 2 heterocycles. The first-order valence-electron chi connectivity index (χ1n) is 7.50. The van der Waals surface area contributed by atoms with Crippen molar-refractivity contribution < 1.29 is 22.6 Å².